The highest BCUT2D eigenvalue weighted by molar-refractivity contribution is 7.89. The third-order valence-electron chi connectivity index (χ3n) is 2.11. The molecule has 0 aliphatic rings. The average Bonchev–Trinajstić information content (AvgIpc) is 2.21. The van der Waals surface area contributed by atoms with E-state index in [1.165, 1.54) is 0 Å². The summed E-state index contributed by atoms with van der Waals surface area (Å²) in [5.74, 6) is 0.0476. The lowest BCUT2D eigenvalue weighted by atomic mass is 9.97. The Morgan fingerprint density at radius 3 is 1.59 bits per heavy atom. The van der Waals surface area contributed by atoms with E-state index in [9.17, 15) is 16.8 Å². The third-order valence-corrected chi connectivity index (χ3v) is 5.20. The summed E-state index contributed by atoms with van der Waals surface area (Å²) < 4.78 is 42.4. The molecule has 0 radical (unpaired) electrons. The van der Waals surface area contributed by atoms with Gasteiger partial charge in [0.1, 0.15) is 0 Å². The molecule has 0 rings (SSSR count). The molecule has 0 aliphatic carbocycles. The molecule has 12 heteroatoms. The van der Waals surface area contributed by atoms with E-state index in [4.69, 9.17) is 27.4 Å². The minimum atomic E-state index is -3.50. The second-order valence-electron chi connectivity index (χ2n) is 6.47. The fraction of sp³-hybridized carbons (Fsp3) is 1.00. The number of hydrogen-bond donors (Lipinski definition) is 2. The number of rotatable bonds is 7. The van der Waals surface area contributed by atoms with Crippen LogP contribution in [0.25, 0.3) is 10.4 Å². The minimum Gasteiger partial charge on any atom is -0.229 e. The predicted octanol–water partition coefficient (Wildman–Crippen LogP) is 1.15. The van der Waals surface area contributed by atoms with Crippen molar-refractivity contribution < 1.29 is 16.8 Å². The first-order valence-electron chi connectivity index (χ1n) is 6.11. The summed E-state index contributed by atoms with van der Waals surface area (Å²) in [6.45, 7) is 6.98. The number of nitrogens with zero attached hydrogens (tertiary/aromatic N) is 3. The molecule has 0 aromatic carbocycles. The van der Waals surface area contributed by atoms with Crippen molar-refractivity contribution in [2.75, 3.05) is 23.9 Å². The van der Waals surface area contributed by atoms with Gasteiger partial charge in [-0.2, -0.15) is 0 Å². The van der Waals surface area contributed by atoms with Crippen LogP contribution in [0.15, 0.2) is 5.11 Å². The molecule has 0 heterocycles. The summed E-state index contributed by atoms with van der Waals surface area (Å²) in [5.41, 5.74) is 6.99. The van der Waals surface area contributed by atoms with Crippen LogP contribution in [0.4, 0.5) is 0 Å². The van der Waals surface area contributed by atoms with Crippen molar-refractivity contribution in [3.05, 3.63) is 10.4 Å². The summed E-state index contributed by atoms with van der Waals surface area (Å²) in [5, 5.41) is 12.9. The first-order chi connectivity index (χ1) is 9.54. The Morgan fingerprint density at radius 1 is 1.00 bits per heavy atom. The van der Waals surface area contributed by atoms with Gasteiger partial charge in [-0.3, -0.25) is 0 Å². The first kappa shape index (κ1) is 23.7. The summed E-state index contributed by atoms with van der Waals surface area (Å²) in [6, 6.07) is 0. The third kappa shape index (κ3) is 17.5. The molecule has 0 saturated heterocycles. The van der Waals surface area contributed by atoms with Crippen molar-refractivity contribution in [2.45, 2.75) is 27.7 Å². The molecule has 0 aliphatic heterocycles. The van der Waals surface area contributed by atoms with E-state index >= 15 is 0 Å². The molecule has 0 atom stereocenters. The van der Waals surface area contributed by atoms with Crippen molar-refractivity contribution in [3.63, 3.8) is 0 Å². The van der Waals surface area contributed by atoms with Gasteiger partial charge in [0, 0.05) is 17.3 Å². The summed E-state index contributed by atoms with van der Waals surface area (Å²) in [6.07, 6.45) is 0. The minimum absolute atomic E-state index is 0.0660. The zero-order valence-electron chi connectivity index (χ0n) is 13.2. The van der Waals surface area contributed by atoms with E-state index in [0.717, 1.165) is 0 Å². The molecule has 0 fully saturated rings. The lowest BCUT2D eigenvalue weighted by Crippen LogP contribution is -2.30. The Labute approximate surface area is 137 Å². The Bertz CT molecular complexity index is 595. The topological polar surface area (TPSA) is 169 Å². The second-order valence-corrected chi connectivity index (χ2v) is 9.96. The fourth-order valence-corrected chi connectivity index (χ4v) is 3.97. The molecule has 0 spiro atoms. The van der Waals surface area contributed by atoms with Crippen LogP contribution in [-0.4, -0.2) is 40.8 Å². The van der Waals surface area contributed by atoms with Crippen LogP contribution < -0.4 is 10.3 Å². The van der Waals surface area contributed by atoms with Crippen LogP contribution in [-0.2, 0) is 20.0 Å². The maximum absolute atomic E-state index is 10.7. The van der Waals surface area contributed by atoms with Gasteiger partial charge < -0.3 is 0 Å². The fourth-order valence-electron chi connectivity index (χ4n) is 1.40. The van der Waals surface area contributed by atoms with Gasteiger partial charge >= 0.3 is 0 Å². The molecule has 0 bridgehead atoms. The molecular formula is C10H24ClN5O4S2. The average molecular weight is 378 g/mol. The smallest absolute Gasteiger partial charge is 0.209 e. The van der Waals surface area contributed by atoms with E-state index in [0.29, 0.717) is 5.88 Å². The molecule has 0 saturated carbocycles. The van der Waals surface area contributed by atoms with Crippen LogP contribution in [0.2, 0.25) is 0 Å². The zero-order valence-corrected chi connectivity index (χ0v) is 15.5. The quantitative estimate of drug-likeness (QED) is 0.293. The maximum atomic E-state index is 10.7. The highest BCUT2D eigenvalue weighted by Crippen LogP contribution is 2.18. The van der Waals surface area contributed by atoms with Gasteiger partial charge in [0.2, 0.25) is 20.0 Å². The van der Waals surface area contributed by atoms with Crippen LogP contribution in [0.5, 0.6) is 0 Å². The Kier molecular flexibility index (Phi) is 9.58. The molecule has 4 N–H and O–H groups in total. The molecule has 0 aromatic heterocycles. The number of nitrogens with two attached hydrogens (primary N) is 2. The van der Waals surface area contributed by atoms with Gasteiger partial charge in [0.25, 0.3) is 0 Å². The molecule has 22 heavy (non-hydrogen) atoms. The Balaban J connectivity index is 0. The van der Waals surface area contributed by atoms with Crippen LogP contribution in [0, 0.1) is 10.8 Å². The summed E-state index contributed by atoms with van der Waals surface area (Å²) in [7, 11) is -6.87. The van der Waals surface area contributed by atoms with Gasteiger partial charge in [-0.15, -0.1) is 11.6 Å². The van der Waals surface area contributed by atoms with Crippen LogP contribution >= 0.6 is 11.6 Å². The Hall–Kier alpha value is -0.580. The van der Waals surface area contributed by atoms with Gasteiger partial charge in [-0.1, -0.05) is 32.8 Å². The van der Waals surface area contributed by atoms with E-state index < -0.39 is 30.9 Å². The Morgan fingerprint density at radius 2 is 1.36 bits per heavy atom. The summed E-state index contributed by atoms with van der Waals surface area (Å²) >= 11 is 5.48. The van der Waals surface area contributed by atoms with Crippen LogP contribution in [0.1, 0.15) is 27.7 Å². The molecule has 0 amide bonds. The lowest BCUT2D eigenvalue weighted by Gasteiger charge is -2.19. The molecule has 132 valence electrons. The lowest BCUT2D eigenvalue weighted by molar-refractivity contribution is 0.425. The van der Waals surface area contributed by atoms with Gasteiger partial charge in [0.15, 0.2) is 0 Å². The molecule has 9 nitrogen and oxygen atoms in total. The monoisotopic (exact) mass is 377 g/mol. The number of primary sulfonamides is 2. The van der Waals surface area contributed by atoms with Crippen molar-refractivity contribution in [1.82, 2.24) is 0 Å². The molecular weight excluding hydrogens is 354 g/mol. The first-order valence-corrected chi connectivity index (χ1v) is 10.1. The van der Waals surface area contributed by atoms with Crippen molar-refractivity contribution >= 4 is 31.6 Å². The second kappa shape index (κ2) is 8.90. The normalized spacial score (nSPS) is 12.9. The van der Waals surface area contributed by atoms with E-state index in [1.54, 1.807) is 27.7 Å². The number of azide groups is 1. The van der Waals surface area contributed by atoms with Crippen molar-refractivity contribution in [2.24, 2.45) is 26.2 Å². The van der Waals surface area contributed by atoms with E-state index in [2.05, 4.69) is 10.0 Å². The standard InChI is InChI=1S/C5H12ClNO2S.C5H12N4O2S/c1-5(2,3-6)4-10(7,8)9;1-5(2,3-8-9-6)4-12(7,10)11/h3-4H2,1-2H3,(H2,7,8,9);3-4H2,1-2H3,(H2,7,10,11). The predicted molar refractivity (Wildman–Crippen MR) is 88.2 cm³/mol. The number of hydrogen-bond acceptors (Lipinski definition) is 5. The number of alkyl halides is 1. The zero-order chi connectivity index (χ0) is 18.2. The molecule has 0 unspecified atom stereocenters. The highest BCUT2D eigenvalue weighted by Gasteiger charge is 2.23. The van der Waals surface area contributed by atoms with Crippen molar-refractivity contribution in [1.29, 1.82) is 0 Å². The maximum Gasteiger partial charge on any atom is 0.209 e. The van der Waals surface area contributed by atoms with E-state index in [-0.39, 0.29) is 18.1 Å². The summed E-state index contributed by atoms with van der Waals surface area (Å²) in [4.78, 5) is 2.54. The highest BCUT2D eigenvalue weighted by atomic mass is 35.5. The number of sulfonamides is 2. The van der Waals surface area contributed by atoms with Gasteiger partial charge in [-0.05, 0) is 16.4 Å². The van der Waals surface area contributed by atoms with E-state index in [1.807, 2.05) is 0 Å². The molecule has 0 aromatic rings. The van der Waals surface area contributed by atoms with Gasteiger partial charge in [0.05, 0.1) is 11.5 Å². The number of halogens is 1. The SMILES string of the molecule is CC(C)(CCl)CS(N)(=O)=O.CC(C)(CN=[N+]=[N-])CS(N)(=O)=O. The van der Waals surface area contributed by atoms with Crippen molar-refractivity contribution in [3.8, 4) is 0 Å². The van der Waals surface area contributed by atoms with Gasteiger partial charge in [-0.25, -0.2) is 27.1 Å². The largest absolute Gasteiger partial charge is 0.229 e. The van der Waals surface area contributed by atoms with Crippen LogP contribution in [0.3, 0.4) is 0 Å².